The summed E-state index contributed by atoms with van der Waals surface area (Å²) in [5.74, 6) is -1.24. The van der Waals surface area contributed by atoms with E-state index < -0.39 is 10.4 Å². The van der Waals surface area contributed by atoms with E-state index in [9.17, 15) is 4.79 Å². The number of rotatable bonds is 4. The first-order valence-electron chi connectivity index (χ1n) is 4.11. The normalized spacial score (nSPS) is 13.0. The molecule has 0 aliphatic carbocycles. The van der Waals surface area contributed by atoms with E-state index in [0.717, 1.165) is 0 Å². The molecule has 1 N–H and O–H groups in total. The third kappa shape index (κ3) is 3.01. The molecule has 0 saturated heterocycles. The number of carboxylic acids is 1. The molecule has 0 aliphatic heterocycles. The maximum Gasteiger partial charge on any atom is 0.355 e. The van der Waals surface area contributed by atoms with Gasteiger partial charge in [-0.1, -0.05) is 23.2 Å². The quantitative estimate of drug-likeness (QED) is 0.593. The van der Waals surface area contributed by atoms with Gasteiger partial charge < -0.3 is 5.11 Å². The van der Waals surface area contributed by atoms with Crippen molar-refractivity contribution in [2.45, 2.75) is 44.2 Å². The molecule has 0 unspecified atom stereocenters. The highest BCUT2D eigenvalue weighted by molar-refractivity contribution is 6.56. The second kappa shape index (κ2) is 4.49. The van der Waals surface area contributed by atoms with Crippen molar-refractivity contribution < 1.29 is 9.90 Å². The Labute approximate surface area is 88.6 Å². The molecule has 0 fully saturated rings. The van der Waals surface area contributed by atoms with Crippen LogP contribution in [0.5, 0.6) is 0 Å². The van der Waals surface area contributed by atoms with E-state index >= 15 is 0 Å². The van der Waals surface area contributed by atoms with Crippen molar-refractivity contribution >= 4 is 29.2 Å². The Morgan fingerprint density at radius 1 is 1.23 bits per heavy atom. The van der Waals surface area contributed by atoms with Crippen LogP contribution < -0.4 is 0 Å². The number of carboxylic acid groups (broad SMARTS) is 1. The van der Waals surface area contributed by atoms with Crippen LogP contribution in [0.15, 0.2) is 0 Å². The lowest BCUT2D eigenvalue weighted by Crippen LogP contribution is -2.52. The van der Waals surface area contributed by atoms with E-state index in [2.05, 4.69) is 0 Å². The summed E-state index contributed by atoms with van der Waals surface area (Å²) >= 11 is 11.4. The van der Waals surface area contributed by atoms with E-state index in [-0.39, 0.29) is 12.1 Å². The average molecular weight is 228 g/mol. The number of hydrogen-bond donors (Lipinski definition) is 1. The fraction of sp³-hybridized carbons (Fsp3) is 0.875. The highest BCUT2D eigenvalue weighted by Crippen LogP contribution is 2.30. The van der Waals surface area contributed by atoms with Gasteiger partial charge in [0.1, 0.15) is 0 Å². The maximum absolute atomic E-state index is 10.8. The molecule has 0 aliphatic rings. The molecule has 0 atom stereocenters. The first-order valence-corrected chi connectivity index (χ1v) is 4.86. The Morgan fingerprint density at radius 2 is 1.54 bits per heavy atom. The third-order valence-electron chi connectivity index (χ3n) is 1.69. The maximum atomic E-state index is 10.8. The minimum atomic E-state index is -1.84. The molecule has 0 radical (unpaired) electrons. The average Bonchev–Trinajstić information content (AvgIpc) is 1.82. The van der Waals surface area contributed by atoms with Gasteiger partial charge in [-0.2, -0.15) is 0 Å². The van der Waals surface area contributed by atoms with Crippen LogP contribution in [0, 0.1) is 0 Å². The predicted octanol–water partition coefficient (Wildman–Crippen LogP) is 2.32. The minimum Gasteiger partial charge on any atom is -0.478 e. The number of nitrogens with zero attached hydrogens (tertiary/aromatic N) is 1. The van der Waals surface area contributed by atoms with Gasteiger partial charge in [0.25, 0.3) is 4.46 Å². The smallest absolute Gasteiger partial charge is 0.355 e. The number of aliphatic carboxylic acids is 1. The molecule has 78 valence electrons. The van der Waals surface area contributed by atoms with Crippen molar-refractivity contribution in [2.24, 2.45) is 0 Å². The molecular formula is C8H15Cl2NO2. The van der Waals surface area contributed by atoms with Crippen LogP contribution in [-0.4, -0.2) is 32.5 Å². The van der Waals surface area contributed by atoms with Gasteiger partial charge >= 0.3 is 5.97 Å². The first-order chi connectivity index (χ1) is 5.71. The monoisotopic (exact) mass is 227 g/mol. The number of carbonyl (C=O) groups is 1. The van der Waals surface area contributed by atoms with E-state index in [1.807, 2.05) is 27.7 Å². The van der Waals surface area contributed by atoms with E-state index in [4.69, 9.17) is 28.3 Å². The van der Waals surface area contributed by atoms with Crippen molar-refractivity contribution in [3.63, 3.8) is 0 Å². The van der Waals surface area contributed by atoms with Crippen LogP contribution in [0.3, 0.4) is 0 Å². The summed E-state index contributed by atoms with van der Waals surface area (Å²) < 4.78 is -1.84. The van der Waals surface area contributed by atoms with Gasteiger partial charge in [-0.25, -0.2) is 4.79 Å². The van der Waals surface area contributed by atoms with Crippen molar-refractivity contribution in [1.29, 1.82) is 0 Å². The number of hydrogen-bond acceptors (Lipinski definition) is 2. The van der Waals surface area contributed by atoms with Gasteiger partial charge in [0.05, 0.1) is 0 Å². The first kappa shape index (κ1) is 13.0. The Bertz CT molecular complexity index is 185. The molecule has 0 amide bonds. The molecule has 0 bridgehead atoms. The SMILES string of the molecule is CC(C)N(C(C)C)C(Cl)(Cl)C(=O)O. The molecular weight excluding hydrogens is 213 g/mol. The zero-order valence-electron chi connectivity index (χ0n) is 8.21. The zero-order chi connectivity index (χ0) is 10.8. The largest absolute Gasteiger partial charge is 0.478 e. The Kier molecular flexibility index (Phi) is 4.49. The second-order valence-corrected chi connectivity index (χ2v) is 4.73. The van der Waals surface area contributed by atoms with Gasteiger partial charge in [0, 0.05) is 12.1 Å². The Morgan fingerprint density at radius 3 is 1.62 bits per heavy atom. The van der Waals surface area contributed by atoms with Crippen LogP contribution >= 0.6 is 23.2 Å². The number of halogens is 2. The topological polar surface area (TPSA) is 40.5 Å². The van der Waals surface area contributed by atoms with Crippen LogP contribution in [-0.2, 0) is 4.79 Å². The Balaban J connectivity index is 4.83. The van der Waals surface area contributed by atoms with E-state index in [1.165, 1.54) is 4.90 Å². The summed E-state index contributed by atoms with van der Waals surface area (Å²) in [6.45, 7) is 7.40. The molecule has 0 rings (SSSR count). The summed E-state index contributed by atoms with van der Waals surface area (Å²) in [6.07, 6.45) is 0. The van der Waals surface area contributed by atoms with Crippen LogP contribution in [0.1, 0.15) is 27.7 Å². The predicted molar refractivity (Wildman–Crippen MR) is 54.2 cm³/mol. The van der Waals surface area contributed by atoms with Crippen molar-refractivity contribution in [3.05, 3.63) is 0 Å². The molecule has 0 aromatic heterocycles. The molecule has 0 heterocycles. The zero-order valence-corrected chi connectivity index (χ0v) is 9.73. The van der Waals surface area contributed by atoms with E-state index in [1.54, 1.807) is 0 Å². The summed E-state index contributed by atoms with van der Waals surface area (Å²) in [5.41, 5.74) is 0. The lowest BCUT2D eigenvalue weighted by atomic mass is 10.2. The lowest BCUT2D eigenvalue weighted by Gasteiger charge is -2.37. The molecule has 0 spiro atoms. The van der Waals surface area contributed by atoms with Gasteiger partial charge in [-0.3, -0.25) is 4.90 Å². The fourth-order valence-electron chi connectivity index (χ4n) is 1.36. The Hall–Kier alpha value is 0.01000. The van der Waals surface area contributed by atoms with Crippen molar-refractivity contribution in [2.75, 3.05) is 0 Å². The highest BCUT2D eigenvalue weighted by Gasteiger charge is 2.43. The fourth-order valence-corrected chi connectivity index (χ4v) is 2.14. The summed E-state index contributed by atoms with van der Waals surface area (Å²) in [5, 5.41) is 8.80. The highest BCUT2D eigenvalue weighted by atomic mass is 35.5. The molecule has 5 heteroatoms. The summed E-state index contributed by atoms with van der Waals surface area (Å²) in [4.78, 5) is 12.3. The molecule has 3 nitrogen and oxygen atoms in total. The van der Waals surface area contributed by atoms with Crippen LogP contribution in [0.4, 0.5) is 0 Å². The number of alkyl halides is 2. The van der Waals surface area contributed by atoms with Gasteiger partial charge in [-0.15, -0.1) is 0 Å². The van der Waals surface area contributed by atoms with Gasteiger partial charge in [0.2, 0.25) is 0 Å². The molecule has 13 heavy (non-hydrogen) atoms. The second-order valence-electron chi connectivity index (χ2n) is 3.44. The summed E-state index contributed by atoms with van der Waals surface area (Å²) in [7, 11) is 0. The third-order valence-corrected chi connectivity index (χ3v) is 2.41. The lowest BCUT2D eigenvalue weighted by molar-refractivity contribution is -0.143. The molecule has 0 saturated carbocycles. The van der Waals surface area contributed by atoms with Gasteiger partial charge in [-0.05, 0) is 27.7 Å². The van der Waals surface area contributed by atoms with Crippen molar-refractivity contribution in [3.8, 4) is 0 Å². The molecule has 0 aromatic rings. The minimum absolute atomic E-state index is 0.0221. The van der Waals surface area contributed by atoms with Gasteiger partial charge in [0.15, 0.2) is 0 Å². The standard InChI is InChI=1S/C8H15Cl2NO2/c1-5(2)11(6(3)4)8(9,10)7(12)13/h5-6H,1-4H3,(H,12,13). The van der Waals surface area contributed by atoms with Crippen LogP contribution in [0.2, 0.25) is 0 Å². The van der Waals surface area contributed by atoms with Crippen molar-refractivity contribution in [1.82, 2.24) is 4.90 Å². The van der Waals surface area contributed by atoms with Crippen LogP contribution in [0.25, 0.3) is 0 Å². The molecule has 0 aromatic carbocycles. The van der Waals surface area contributed by atoms with E-state index in [0.29, 0.717) is 0 Å². The summed E-state index contributed by atoms with van der Waals surface area (Å²) in [6, 6.07) is -0.0443.